The van der Waals surface area contributed by atoms with Crippen molar-refractivity contribution in [1.29, 1.82) is 5.26 Å². The van der Waals surface area contributed by atoms with E-state index in [1.54, 1.807) is 0 Å². The van der Waals surface area contributed by atoms with Crippen molar-refractivity contribution in [1.82, 2.24) is 0 Å². The SMILES string of the molecule is C=CC(=O)OC1CC2CCC1(C#N)C2. The van der Waals surface area contributed by atoms with Gasteiger partial charge in [-0.2, -0.15) is 5.26 Å². The number of ether oxygens (including phenoxy) is 1. The summed E-state index contributed by atoms with van der Waals surface area (Å²) in [7, 11) is 0. The third-order valence-electron chi connectivity index (χ3n) is 3.46. The van der Waals surface area contributed by atoms with E-state index in [0.29, 0.717) is 5.92 Å². The predicted molar refractivity (Wildman–Crippen MR) is 50.1 cm³/mol. The zero-order valence-corrected chi connectivity index (χ0v) is 8.03. The molecule has 0 radical (unpaired) electrons. The van der Waals surface area contributed by atoms with Gasteiger partial charge in [0.2, 0.25) is 0 Å². The van der Waals surface area contributed by atoms with Crippen molar-refractivity contribution in [3.8, 4) is 6.07 Å². The van der Waals surface area contributed by atoms with Crippen LogP contribution in [0.15, 0.2) is 12.7 Å². The third-order valence-corrected chi connectivity index (χ3v) is 3.46. The molecule has 0 heterocycles. The van der Waals surface area contributed by atoms with Crippen LogP contribution in [-0.2, 0) is 9.53 Å². The second kappa shape index (κ2) is 3.13. The molecule has 3 unspecified atom stereocenters. The molecule has 2 aliphatic carbocycles. The summed E-state index contributed by atoms with van der Waals surface area (Å²) >= 11 is 0. The minimum absolute atomic E-state index is 0.197. The van der Waals surface area contributed by atoms with Gasteiger partial charge < -0.3 is 4.74 Å². The molecule has 2 aliphatic rings. The highest BCUT2D eigenvalue weighted by Crippen LogP contribution is 2.54. The fourth-order valence-corrected chi connectivity index (χ4v) is 2.73. The Morgan fingerprint density at radius 1 is 1.71 bits per heavy atom. The van der Waals surface area contributed by atoms with Crippen molar-refractivity contribution < 1.29 is 9.53 Å². The number of nitrogens with zero attached hydrogens (tertiary/aromatic N) is 1. The molecule has 3 nitrogen and oxygen atoms in total. The van der Waals surface area contributed by atoms with Crippen LogP contribution in [0.1, 0.15) is 25.7 Å². The Labute approximate surface area is 83.4 Å². The van der Waals surface area contributed by atoms with Gasteiger partial charge in [-0.05, 0) is 31.6 Å². The van der Waals surface area contributed by atoms with Crippen LogP contribution in [0.4, 0.5) is 0 Å². The highest BCUT2D eigenvalue weighted by Gasteiger charge is 2.54. The van der Waals surface area contributed by atoms with E-state index >= 15 is 0 Å². The summed E-state index contributed by atoms with van der Waals surface area (Å²) in [5.41, 5.74) is -0.386. The van der Waals surface area contributed by atoms with Crippen molar-refractivity contribution in [2.24, 2.45) is 11.3 Å². The minimum atomic E-state index is -0.405. The largest absolute Gasteiger partial charge is 0.458 e. The molecule has 2 rings (SSSR count). The first-order valence-electron chi connectivity index (χ1n) is 4.94. The van der Waals surface area contributed by atoms with Crippen LogP contribution in [0, 0.1) is 22.7 Å². The second-order valence-electron chi connectivity index (χ2n) is 4.24. The average Bonchev–Trinajstić information content (AvgIpc) is 2.75. The fraction of sp³-hybridized carbons (Fsp3) is 0.636. The van der Waals surface area contributed by atoms with Gasteiger partial charge in [-0.3, -0.25) is 0 Å². The molecule has 0 spiro atoms. The van der Waals surface area contributed by atoms with Gasteiger partial charge in [0.05, 0.1) is 11.5 Å². The average molecular weight is 191 g/mol. The van der Waals surface area contributed by atoms with Crippen LogP contribution < -0.4 is 0 Å². The normalized spacial score (nSPS) is 39.1. The van der Waals surface area contributed by atoms with Gasteiger partial charge in [0.15, 0.2) is 0 Å². The molecule has 3 atom stereocenters. The number of fused-ring (bicyclic) bond motifs is 2. The van der Waals surface area contributed by atoms with E-state index in [4.69, 9.17) is 10.00 Å². The highest BCUT2D eigenvalue weighted by atomic mass is 16.5. The Kier molecular flexibility index (Phi) is 2.07. The zero-order chi connectivity index (χ0) is 10.2. The molecule has 0 amide bonds. The third kappa shape index (κ3) is 1.22. The van der Waals surface area contributed by atoms with Crippen LogP contribution in [0.3, 0.4) is 0 Å². The quantitative estimate of drug-likeness (QED) is 0.494. The molecule has 2 fully saturated rings. The van der Waals surface area contributed by atoms with E-state index in [1.165, 1.54) is 0 Å². The van der Waals surface area contributed by atoms with Gasteiger partial charge in [0.1, 0.15) is 6.10 Å². The monoisotopic (exact) mass is 191 g/mol. The van der Waals surface area contributed by atoms with Crippen LogP contribution >= 0.6 is 0 Å². The molecule has 0 N–H and O–H groups in total. The van der Waals surface area contributed by atoms with E-state index in [9.17, 15) is 4.79 Å². The van der Waals surface area contributed by atoms with Gasteiger partial charge in [-0.15, -0.1) is 0 Å². The Balaban J connectivity index is 2.11. The Morgan fingerprint density at radius 3 is 3.07 bits per heavy atom. The van der Waals surface area contributed by atoms with Crippen LogP contribution in [0.25, 0.3) is 0 Å². The lowest BCUT2D eigenvalue weighted by atomic mass is 9.83. The number of hydrogen-bond donors (Lipinski definition) is 0. The summed E-state index contributed by atoms with van der Waals surface area (Å²) in [4.78, 5) is 11.1. The Morgan fingerprint density at radius 2 is 2.50 bits per heavy atom. The first-order chi connectivity index (χ1) is 6.70. The molecular weight excluding hydrogens is 178 g/mol. The van der Waals surface area contributed by atoms with Gasteiger partial charge in [0, 0.05) is 6.08 Å². The maximum Gasteiger partial charge on any atom is 0.330 e. The van der Waals surface area contributed by atoms with E-state index < -0.39 is 5.97 Å². The molecule has 0 aromatic heterocycles. The lowest BCUT2D eigenvalue weighted by Crippen LogP contribution is -2.32. The molecule has 0 aromatic rings. The molecular formula is C11H13NO2. The lowest BCUT2D eigenvalue weighted by molar-refractivity contribution is -0.147. The predicted octanol–water partition coefficient (Wildman–Crippen LogP) is 1.80. The van der Waals surface area contributed by atoms with Gasteiger partial charge >= 0.3 is 5.97 Å². The van der Waals surface area contributed by atoms with E-state index in [1.807, 2.05) is 0 Å². The van der Waals surface area contributed by atoms with Crippen molar-refractivity contribution in [3.05, 3.63) is 12.7 Å². The van der Waals surface area contributed by atoms with Gasteiger partial charge in [0.25, 0.3) is 0 Å². The zero-order valence-electron chi connectivity index (χ0n) is 8.03. The van der Waals surface area contributed by atoms with Crippen molar-refractivity contribution in [2.75, 3.05) is 0 Å². The number of hydrogen-bond acceptors (Lipinski definition) is 3. The topological polar surface area (TPSA) is 50.1 Å². The minimum Gasteiger partial charge on any atom is -0.458 e. The molecule has 0 aromatic carbocycles. The maximum absolute atomic E-state index is 11.1. The summed E-state index contributed by atoms with van der Waals surface area (Å²) in [6.07, 6.45) is 4.71. The van der Waals surface area contributed by atoms with Gasteiger partial charge in [-0.25, -0.2) is 4.79 Å². The number of esters is 1. The van der Waals surface area contributed by atoms with Crippen molar-refractivity contribution in [2.45, 2.75) is 31.8 Å². The first kappa shape index (κ1) is 9.26. The number of carbonyl (C=O) groups is 1. The standard InChI is InChI=1S/C11H13NO2/c1-2-10(13)14-9-5-8-3-4-11(9,6-8)7-12/h2,8-9H,1,3-6H2. The molecule has 3 heteroatoms. The van der Waals surface area contributed by atoms with Gasteiger partial charge in [-0.1, -0.05) is 6.58 Å². The van der Waals surface area contributed by atoms with Crippen molar-refractivity contribution >= 4 is 5.97 Å². The smallest absolute Gasteiger partial charge is 0.330 e. The Bertz CT molecular complexity index is 318. The molecule has 2 bridgehead atoms. The summed E-state index contributed by atoms with van der Waals surface area (Å²) in [5.74, 6) is 0.175. The summed E-state index contributed by atoms with van der Waals surface area (Å²) in [6, 6.07) is 2.34. The van der Waals surface area contributed by atoms with E-state index in [-0.39, 0.29) is 11.5 Å². The second-order valence-corrected chi connectivity index (χ2v) is 4.24. The number of carbonyl (C=O) groups excluding carboxylic acids is 1. The molecule has 74 valence electrons. The van der Waals surface area contributed by atoms with E-state index in [0.717, 1.165) is 31.8 Å². The number of nitriles is 1. The van der Waals surface area contributed by atoms with E-state index in [2.05, 4.69) is 12.6 Å². The molecule has 0 aliphatic heterocycles. The van der Waals surface area contributed by atoms with Crippen LogP contribution in [-0.4, -0.2) is 12.1 Å². The molecule has 0 saturated heterocycles. The van der Waals surface area contributed by atoms with Crippen LogP contribution in [0.2, 0.25) is 0 Å². The first-order valence-corrected chi connectivity index (χ1v) is 4.94. The molecule has 14 heavy (non-hydrogen) atoms. The molecule has 2 saturated carbocycles. The summed E-state index contributed by atoms with van der Waals surface area (Å²) in [6.45, 7) is 3.36. The maximum atomic E-state index is 11.1. The van der Waals surface area contributed by atoms with Crippen LogP contribution in [0.5, 0.6) is 0 Å². The van der Waals surface area contributed by atoms with Crippen molar-refractivity contribution in [3.63, 3.8) is 0 Å². The fourth-order valence-electron chi connectivity index (χ4n) is 2.73. The lowest BCUT2D eigenvalue weighted by Gasteiger charge is -2.27. The highest BCUT2D eigenvalue weighted by molar-refractivity contribution is 5.81. The summed E-state index contributed by atoms with van der Waals surface area (Å²) in [5, 5.41) is 9.13. The number of rotatable bonds is 2. The Hall–Kier alpha value is -1.30. The summed E-state index contributed by atoms with van der Waals surface area (Å²) < 4.78 is 5.21.